The highest BCUT2D eigenvalue weighted by atomic mass is 16.3. The topological polar surface area (TPSA) is 20.2 Å². The maximum atomic E-state index is 8.79. The van der Waals surface area contributed by atoms with Crippen LogP contribution < -0.4 is 0 Å². The smallest absolute Gasteiger partial charge is 0.111 e. The molecule has 0 rings (SSSR count). The lowest BCUT2D eigenvalue weighted by atomic mass is 10.3. The Morgan fingerprint density at radius 1 is 1.67 bits per heavy atom. The summed E-state index contributed by atoms with van der Waals surface area (Å²) in [7, 11) is 0. The molecule has 50 valence electrons. The van der Waals surface area contributed by atoms with E-state index in [1.54, 1.807) is 6.08 Å². The molecule has 9 heavy (non-hydrogen) atoms. The van der Waals surface area contributed by atoms with Crippen LogP contribution in [0.5, 0.6) is 0 Å². The van der Waals surface area contributed by atoms with E-state index in [1.807, 2.05) is 19.1 Å². The zero-order valence-electron chi connectivity index (χ0n) is 5.67. The molecule has 0 atom stereocenters. The fraction of sp³-hybridized carbons (Fsp3) is 0.250. The van der Waals surface area contributed by atoms with Crippen molar-refractivity contribution < 1.29 is 5.11 Å². The van der Waals surface area contributed by atoms with E-state index in [4.69, 9.17) is 5.11 Å². The fourth-order valence-electron chi connectivity index (χ4n) is 0.408. The molecule has 0 bridgehead atoms. The lowest BCUT2D eigenvalue weighted by Gasteiger charge is -1.85. The van der Waals surface area contributed by atoms with Gasteiger partial charge in [0.05, 0.1) is 0 Å². The molecule has 0 aliphatic heterocycles. The van der Waals surface area contributed by atoms with Gasteiger partial charge in [-0.25, -0.2) is 0 Å². The molecule has 0 aromatic rings. The molecular weight excluding hydrogens is 112 g/mol. The molecule has 0 saturated heterocycles. The molecule has 0 aromatic carbocycles. The number of hydrogen-bond acceptors (Lipinski definition) is 1. The van der Waals surface area contributed by atoms with Crippen LogP contribution in [0.1, 0.15) is 13.3 Å². The summed E-state index contributed by atoms with van der Waals surface area (Å²) >= 11 is 0. The third-order valence-corrected chi connectivity index (χ3v) is 0.908. The average Bonchev–Trinajstić information content (AvgIpc) is 1.89. The van der Waals surface area contributed by atoms with Gasteiger partial charge >= 0.3 is 0 Å². The summed E-state index contributed by atoms with van der Waals surface area (Å²) in [6, 6.07) is 0. The van der Waals surface area contributed by atoms with Crippen LogP contribution >= 0.6 is 0 Å². The lowest BCUT2D eigenvalue weighted by molar-refractivity contribution is 0.431. The molecule has 0 radical (unpaired) electrons. The predicted molar refractivity (Wildman–Crippen MR) is 40.3 cm³/mol. The molecule has 0 aromatic heterocycles. The second-order valence-corrected chi connectivity index (χ2v) is 1.64. The second-order valence-electron chi connectivity index (χ2n) is 1.64. The molecule has 1 N–H and O–H groups in total. The van der Waals surface area contributed by atoms with Crippen molar-refractivity contribution in [1.29, 1.82) is 0 Å². The monoisotopic (exact) mass is 124 g/mol. The Labute approximate surface area is 56.0 Å². The summed E-state index contributed by atoms with van der Waals surface area (Å²) in [5.41, 5.74) is 0. The molecule has 0 amide bonds. The highest BCUT2D eigenvalue weighted by Gasteiger charge is 1.77. The molecule has 0 saturated carbocycles. The second kappa shape index (κ2) is 5.16. The van der Waals surface area contributed by atoms with Gasteiger partial charge in [0.25, 0.3) is 0 Å². The van der Waals surface area contributed by atoms with Gasteiger partial charge in [-0.3, -0.25) is 0 Å². The van der Waals surface area contributed by atoms with Crippen LogP contribution in [-0.4, -0.2) is 5.11 Å². The SMILES string of the molecule is C=C/C(O)=C\C/C=C\C. The van der Waals surface area contributed by atoms with Gasteiger partial charge in [0.1, 0.15) is 5.76 Å². The predicted octanol–water partition coefficient (Wildman–Crippen LogP) is 2.58. The minimum absolute atomic E-state index is 0.244. The number of allylic oxidation sites excluding steroid dienone is 4. The summed E-state index contributed by atoms with van der Waals surface area (Å²) in [4.78, 5) is 0. The quantitative estimate of drug-likeness (QED) is 0.348. The van der Waals surface area contributed by atoms with Crippen molar-refractivity contribution in [3.8, 4) is 0 Å². The largest absolute Gasteiger partial charge is 0.508 e. The van der Waals surface area contributed by atoms with Crippen molar-refractivity contribution in [3.63, 3.8) is 0 Å². The van der Waals surface area contributed by atoms with E-state index in [1.165, 1.54) is 6.08 Å². The van der Waals surface area contributed by atoms with Gasteiger partial charge in [-0.2, -0.15) is 0 Å². The molecule has 1 nitrogen and oxygen atoms in total. The molecule has 0 aliphatic carbocycles. The van der Waals surface area contributed by atoms with Gasteiger partial charge in [-0.1, -0.05) is 18.7 Å². The molecule has 0 spiro atoms. The third kappa shape index (κ3) is 4.88. The van der Waals surface area contributed by atoms with E-state index in [-0.39, 0.29) is 5.76 Å². The Kier molecular flexibility index (Phi) is 4.60. The van der Waals surface area contributed by atoms with Crippen LogP contribution in [0.25, 0.3) is 0 Å². The lowest BCUT2D eigenvalue weighted by Crippen LogP contribution is -1.69. The van der Waals surface area contributed by atoms with E-state index < -0.39 is 0 Å². The van der Waals surface area contributed by atoms with Crippen molar-refractivity contribution in [2.75, 3.05) is 0 Å². The van der Waals surface area contributed by atoms with Gasteiger partial charge in [-0.15, -0.1) is 0 Å². The van der Waals surface area contributed by atoms with Gasteiger partial charge in [0.15, 0.2) is 0 Å². The zero-order chi connectivity index (χ0) is 7.11. The van der Waals surface area contributed by atoms with Crippen molar-refractivity contribution in [2.24, 2.45) is 0 Å². The normalized spacial score (nSPS) is 12.3. The van der Waals surface area contributed by atoms with Crippen molar-refractivity contribution in [3.05, 3.63) is 36.6 Å². The van der Waals surface area contributed by atoms with Crippen molar-refractivity contribution in [2.45, 2.75) is 13.3 Å². The summed E-state index contributed by atoms with van der Waals surface area (Å²) in [5.74, 6) is 0.244. The van der Waals surface area contributed by atoms with Gasteiger partial charge < -0.3 is 5.11 Å². The van der Waals surface area contributed by atoms with Crippen LogP contribution in [0, 0.1) is 0 Å². The van der Waals surface area contributed by atoms with Crippen LogP contribution in [-0.2, 0) is 0 Å². The standard InChI is InChI=1S/C8H12O/c1-3-5-6-7-8(9)4-2/h3-5,7,9H,2,6H2,1H3/b5-3-,8-7+. The minimum atomic E-state index is 0.244. The third-order valence-electron chi connectivity index (χ3n) is 0.908. The number of hydrogen-bond donors (Lipinski definition) is 1. The molecule has 0 heterocycles. The highest BCUT2D eigenvalue weighted by Crippen LogP contribution is 1.92. The van der Waals surface area contributed by atoms with E-state index >= 15 is 0 Å². The van der Waals surface area contributed by atoms with E-state index in [9.17, 15) is 0 Å². The summed E-state index contributed by atoms with van der Waals surface area (Å²) < 4.78 is 0. The highest BCUT2D eigenvalue weighted by molar-refractivity contribution is 5.08. The first-order valence-corrected chi connectivity index (χ1v) is 2.94. The van der Waals surface area contributed by atoms with Gasteiger partial charge in [0.2, 0.25) is 0 Å². The Morgan fingerprint density at radius 2 is 2.33 bits per heavy atom. The van der Waals surface area contributed by atoms with Crippen molar-refractivity contribution in [1.82, 2.24) is 0 Å². The van der Waals surface area contributed by atoms with Gasteiger partial charge in [-0.05, 0) is 25.5 Å². The van der Waals surface area contributed by atoms with Crippen molar-refractivity contribution >= 4 is 0 Å². The first kappa shape index (κ1) is 8.02. The van der Waals surface area contributed by atoms with E-state index in [0.29, 0.717) is 0 Å². The number of aliphatic hydroxyl groups excluding tert-OH is 1. The van der Waals surface area contributed by atoms with Gasteiger partial charge in [0, 0.05) is 0 Å². The number of aliphatic hydroxyl groups is 1. The summed E-state index contributed by atoms with van der Waals surface area (Å²) in [6.45, 7) is 5.34. The molecule has 0 aliphatic rings. The molecule has 0 unspecified atom stereocenters. The fourth-order valence-corrected chi connectivity index (χ4v) is 0.408. The molecule has 1 heteroatoms. The van der Waals surface area contributed by atoms with Crippen LogP contribution in [0.2, 0.25) is 0 Å². The van der Waals surface area contributed by atoms with Crippen LogP contribution in [0.15, 0.2) is 36.6 Å². The molecular formula is C8H12O. The zero-order valence-corrected chi connectivity index (χ0v) is 5.67. The Hall–Kier alpha value is -0.980. The maximum absolute atomic E-state index is 8.79. The van der Waals surface area contributed by atoms with E-state index in [0.717, 1.165) is 6.42 Å². The minimum Gasteiger partial charge on any atom is -0.508 e. The van der Waals surface area contributed by atoms with E-state index in [2.05, 4.69) is 6.58 Å². The maximum Gasteiger partial charge on any atom is 0.111 e. The average molecular weight is 124 g/mol. The Balaban J connectivity index is 3.56. The van der Waals surface area contributed by atoms with Crippen LogP contribution in [0.4, 0.5) is 0 Å². The summed E-state index contributed by atoms with van der Waals surface area (Å²) in [5, 5.41) is 8.79. The summed E-state index contributed by atoms with van der Waals surface area (Å²) in [6.07, 6.45) is 7.79. The van der Waals surface area contributed by atoms with Crippen LogP contribution in [0.3, 0.4) is 0 Å². The molecule has 0 fully saturated rings. The first-order chi connectivity index (χ1) is 4.31. The number of rotatable bonds is 3. The first-order valence-electron chi connectivity index (χ1n) is 2.94. The Morgan fingerprint density at radius 3 is 2.78 bits per heavy atom. The Bertz CT molecular complexity index is 132.